The van der Waals surface area contributed by atoms with E-state index in [1.54, 1.807) is 12.1 Å². The van der Waals surface area contributed by atoms with Crippen molar-refractivity contribution in [3.63, 3.8) is 0 Å². The van der Waals surface area contributed by atoms with Crippen molar-refractivity contribution in [1.82, 2.24) is 0 Å². The van der Waals surface area contributed by atoms with Gasteiger partial charge in [-0.1, -0.05) is 0 Å². The average Bonchev–Trinajstić information content (AvgIpc) is 1.94. The second-order valence-electron chi connectivity index (χ2n) is 2.54. The number of aromatic hydroxyl groups is 1. The van der Waals surface area contributed by atoms with Crippen LogP contribution in [0.25, 0.3) is 0 Å². The van der Waals surface area contributed by atoms with Crippen LogP contribution >= 0.6 is 22.6 Å². The number of rotatable bonds is 2. The van der Waals surface area contributed by atoms with Gasteiger partial charge in [-0.05, 0) is 40.8 Å². The maximum Gasteiger partial charge on any atom is 0.229 e. The summed E-state index contributed by atoms with van der Waals surface area (Å²) < 4.78 is 24.7. The fraction of sp³-hybridized carbons (Fsp3) is 0.143. The fourth-order valence-corrected chi connectivity index (χ4v) is 1.84. The average molecular weight is 313 g/mol. The molecule has 0 aromatic heterocycles. The number of benzene rings is 1. The van der Waals surface area contributed by atoms with Gasteiger partial charge in [0.2, 0.25) is 10.0 Å². The van der Waals surface area contributed by atoms with Crippen LogP contribution in [0.5, 0.6) is 5.75 Å². The molecule has 6 heteroatoms. The molecule has 0 unspecified atom stereocenters. The van der Waals surface area contributed by atoms with E-state index in [0.29, 0.717) is 0 Å². The van der Waals surface area contributed by atoms with E-state index in [4.69, 9.17) is 0 Å². The molecular weight excluding hydrogens is 305 g/mol. The molecule has 0 aliphatic carbocycles. The molecule has 0 amide bonds. The Labute approximate surface area is 90.2 Å². The van der Waals surface area contributed by atoms with Crippen molar-refractivity contribution in [2.45, 2.75) is 0 Å². The Kier molecular flexibility index (Phi) is 3.01. The highest BCUT2D eigenvalue weighted by Crippen LogP contribution is 2.25. The van der Waals surface area contributed by atoms with E-state index in [-0.39, 0.29) is 11.4 Å². The van der Waals surface area contributed by atoms with Crippen molar-refractivity contribution < 1.29 is 13.5 Å². The first-order valence-corrected chi connectivity index (χ1v) is 6.32. The molecule has 0 bridgehead atoms. The van der Waals surface area contributed by atoms with Gasteiger partial charge in [0, 0.05) is 3.57 Å². The standard InChI is InChI=1S/C7H8INO3S/c1-13(11,12)9-6-4-5(8)2-3-7(6)10/h2-4,9-10H,1H3. The fourth-order valence-electron chi connectivity index (χ4n) is 0.790. The van der Waals surface area contributed by atoms with E-state index < -0.39 is 10.0 Å². The molecule has 4 nitrogen and oxygen atoms in total. The lowest BCUT2D eigenvalue weighted by molar-refractivity contribution is 0.477. The Morgan fingerprint density at radius 1 is 1.46 bits per heavy atom. The number of halogens is 1. The summed E-state index contributed by atoms with van der Waals surface area (Å²) in [4.78, 5) is 0. The van der Waals surface area contributed by atoms with Crippen LogP contribution in [0, 0.1) is 3.57 Å². The van der Waals surface area contributed by atoms with Crippen molar-refractivity contribution in [3.05, 3.63) is 21.8 Å². The summed E-state index contributed by atoms with van der Waals surface area (Å²) in [6.45, 7) is 0. The zero-order chi connectivity index (χ0) is 10.1. The minimum atomic E-state index is -3.33. The third-order valence-corrected chi connectivity index (χ3v) is 2.52. The Bertz CT molecular complexity index is 416. The third-order valence-electron chi connectivity index (χ3n) is 1.25. The summed E-state index contributed by atoms with van der Waals surface area (Å²) in [6, 6.07) is 4.68. The predicted octanol–water partition coefficient (Wildman–Crippen LogP) is 1.37. The molecule has 0 spiro atoms. The van der Waals surface area contributed by atoms with Crippen molar-refractivity contribution in [3.8, 4) is 5.75 Å². The van der Waals surface area contributed by atoms with Gasteiger partial charge in [0.25, 0.3) is 0 Å². The molecular formula is C7H8INO3S. The topological polar surface area (TPSA) is 66.4 Å². The molecule has 1 aromatic carbocycles. The van der Waals surface area contributed by atoms with Gasteiger partial charge in [0.15, 0.2) is 0 Å². The number of phenols is 1. The minimum absolute atomic E-state index is 0.0779. The van der Waals surface area contributed by atoms with Crippen LogP contribution in [0.15, 0.2) is 18.2 Å². The van der Waals surface area contributed by atoms with E-state index in [9.17, 15) is 13.5 Å². The van der Waals surface area contributed by atoms with Crippen LogP contribution in [-0.2, 0) is 10.0 Å². The van der Waals surface area contributed by atoms with Crippen LogP contribution in [0.4, 0.5) is 5.69 Å². The van der Waals surface area contributed by atoms with Crippen LogP contribution in [-0.4, -0.2) is 19.8 Å². The molecule has 0 aliphatic rings. The summed E-state index contributed by atoms with van der Waals surface area (Å²) in [6.07, 6.45) is 1.03. The third kappa shape index (κ3) is 3.39. The van der Waals surface area contributed by atoms with E-state index in [2.05, 4.69) is 4.72 Å². The second-order valence-corrected chi connectivity index (χ2v) is 5.53. The van der Waals surface area contributed by atoms with Gasteiger partial charge in [-0.15, -0.1) is 0 Å². The number of sulfonamides is 1. The first-order valence-electron chi connectivity index (χ1n) is 3.35. The number of nitrogens with one attached hydrogen (secondary N) is 1. The van der Waals surface area contributed by atoms with Crippen LogP contribution < -0.4 is 4.72 Å². The lowest BCUT2D eigenvalue weighted by Crippen LogP contribution is -2.09. The highest BCUT2D eigenvalue weighted by Gasteiger charge is 2.06. The Morgan fingerprint density at radius 2 is 2.08 bits per heavy atom. The van der Waals surface area contributed by atoms with E-state index in [1.807, 2.05) is 22.6 Å². The quantitative estimate of drug-likeness (QED) is 0.640. The zero-order valence-electron chi connectivity index (χ0n) is 6.78. The van der Waals surface area contributed by atoms with Gasteiger partial charge in [0.1, 0.15) is 5.75 Å². The lowest BCUT2D eigenvalue weighted by Gasteiger charge is -2.05. The van der Waals surface area contributed by atoms with Crippen molar-refractivity contribution >= 4 is 38.3 Å². The highest BCUT2D eigenvalue weighted by atomic mass is 127. The van der Waals surface area contributed by atoms with E-state index in [1.165, 1.54) is 6.07 Å². The normalized spacial score (nSPS) is 11.2. The molecule has 1 rings (SSSR count). The molecule has 13 heavy (non-hydrogen) atoms. The smallest absolute Gasteiger partial charge is 0.229 e. The summed E-state index contributed by atoms with van der Waals surface area (Å²) in [5.74, 6) is -0.0779. The molecule has 0 atom stereocenters. The number of hydrogen-bond acceptors (Lipinski definition) is 3. The van der Waals surface area contributed by atoms with Gasteiger partial charge in [0.05, 0.1) is 11.9 Å². The monoisotopic (exact) mass is 313 g/mol. The van der Waals surface area contributed by atoms with Crippen LogP contribution in [0.1, 0.15) is 0 Å². The predicted molar refractivity (Wildman–Crippen MR) is 59.3 cm³/mol. The highest BCUT2D eigenvalue weighted by molar-refractivity contribution is 14.1. The van der Waals surface area contributed by atoms with Gasteiger partial charge in [-0.25, -0.2) is 8.42 Å². The Hall–Kier alpha value is -0.500. The lowest BCUT2D eigenvalue weighted by atomic mass is 10.3. The van der Waals surface area contributed by atoms with E-state index in [0.717, 1.165) is 9.83 Å². The maximum atomic E-state index is 10.8. The summed E-state index contributed by atoms with van der Waals surface area (Å²) in [7, 11) is -3.33. The molecule has 0 radical (unpaired) electrons. The van der Waals surface area contributed by atoms with Gasteiger partial charge in [-0.2, -0.15) is 0 Å². The minimum Gasteiger partial charge on any atom is -0.506 e. The largest absolute Gasteiger partial charge is 0.506 e. The Morgan fingerprint density at radius 3 is 2.62 bits per heavy atom. The second kappa shape index (κ2) is 3.70. The van der Waals surface area contributed by atoms with Gasteiger partial charge < -0.3 is 5.11 Å². The maximum absolute atomic E-state index is 10.8. The van der Waals surface area contributed by atoms with Crippen molar-refractivity contribution in [2.24, 2.45) is 0 Å². The molecule has 0 aliphatic heterocycles. The van der Waals surface area contributed by atoms with Crippen molar-refractivity contribution in [2.75, 3.05) is 11.0 Å². The summed E-state index contributed by atoms with van der Waals surface area (Å²) >= 11 is 2.03. The first-order chi connectivity index (χ1) is 5.88. The van der Waals surface area contributed by atoms with Crippen LogP contribution in [0.3, 0.4) is 0 Å². The number of phenolic OH excluding ortho intramolecular Hbond substituents is 1. The summed E-state index contributed by atoms with van der Waals surface area (Å²) in [5.41, 5.74) is 0.203. The SMILES string of the molecule is CS(=O)(=O)Nc1cc(I)ccc1O. The molecule has 0 heterocycles. The van der Waals surface area contributed by atoms with Gasteiger partial charge in [-0.3, -0.25) is 4.72 Å². The van der Waals surface area contributed by atoms with Crippen molar-refractivity contribution in [1.29, 1.82) is 0 Å². The molecule has 0 fully saturated rings. The molecule has 0 saturated heterocycles. The first kappa shape index (κ1) is 10.6. The Balaban J connectivity index is 3.08. The zero-order valence-corrected chi connectivity index (χ0v) is 9.76. The molecule has 0 saturated carbocycles. The number of anilines is 1. The molecule has 1 aromatic rings. The van der Waals surface area contributed by atoms with Crippen LogP contribution in [0.2, 0.25) is 0 Å². The van der Waals surface area contributed by atoms with E-state index >= 15 is 0 Å². The van der Waals surface area contributed by atoms with Gasteiger partial charge >= 0.3 is 0 Å². The summed E-state index contributed by atoms with van der Waals surface area (Å²) in [5, 5.41) is 9.27. The molecule has 72 valence electrons. The number of hydrogen-bond donors (Lipinski definition) is 2. The molecule has 2 N–H and O–H groups in total.